The summed E-state index contributed by atoms with van der Waals surface area (Å²) in [6.07, 6.45) is 0.850. The lowest BCUT2D eigenvalue weighted by atomic mass is 10.1. The predicted octanol–water partition coefficient (Wildman–Crippen LogP) is 2.32. The van der Waals surface area contributed by atoms with E-state index in [1.165, 1.54) is 0 Å². The van der Waals surface area contributed by atoms with Gasteiger partial charge in [-0.3, -0.25) is 4.79 Å². The van der Waals surface area contributed by atoms with Crippen LogP contribution in [0.1, 0.15) is 20.3 Å². The molecule has 0 amide bonds. The SMILES string of the molecule is CC1(C)CC1(Br)C(=O)Cl. The molecular formula is C6H8BrClO. The summed E-state index contributed by atoms with van der Waals surface area (Å²) in [5.74, 6) is 0. The molecule has 0 spiro atoms. The van der Waals surface area contributed by atoms with Crippen LogP contribution < -0.4 is 0 Å². The van der Waals surface area contributed by atoms with Gasteiger partial charge in [0, 0.05) is 0 Å². The lowest BCUT2D eigenvalue weighted by Crippen LogP contribution is -2.15. The van der Waals surface area contributed by atoms with Crippen molar-refractivity contribution in [1.29, 1.82) is 0 Å². The average Bonchev–Trinajstić information content (AvgIpc) is 2.08. The topological polar surface area (TPSA) is 17.1 Å². The maximum atomic E-state index is 10.7. The Bertz CT molecular complexity index is 166. The Morgan fingerprint density at radius 3 is 2.00 bits per heavy atom. The average molecular weight is 211 g/mol. The van der Waals surface area contributed by atoms with Gasteiger partial charge in [0.1, 0.15) is 4.32 Å². The molecule has 0 aliphatic heterocycles. The highest BCUT2D eigenvalue weighted by Crippen LogP contribution is 2.62. The van der Waals surface area contributed by atoms with Crippen molar-refractivity contribution in [2.24, 2.45) is 5.41 Å². The molecule has 0 bridgehead atoms. The molecule has 0 heterocycles. The molecule has 0 saturated heterocycles. The maximum absolute atomic E-state index is 10.7. The first-order chi connectivity index (χ1) is 3.90. The fourth-order valence-corrected chi connectivity index (χ4v) is 1.92. The zero-order chi connectivity index (χ0) is 7.28. The first-order valence-electron chi connectivity index (χ1n) is 2.79. The van der Waals surface area contributed by atoms with Crippen LogP contribution in [0.5, 0.6) is 0 Å². The van der Waals surface area contributed by atoms with Crippen LogP contribution in [0.25, 0.3) is 0 Å². The third-order valence-electron chi connectivity index (χ3n) is 1.94. The fraction of sp³-hybridized carbons (Fsp3) is 0.833. The molecule has 52 valence electrons. The van der Waals surface area contributed by atoms with E-state index < -0.39 is 4.32 Å². The summed E-state index contributed by atoms with van der Waals surface area (Å²) in [5, 5.41) is -0.271. The van der Waals surface area contributed by atoms with Crippen LogP contribution in [0, 0.1) is 5.41 Å². The van der Waals surface area contributed by atoms with E-state index >= 15 is 0 Å². The normalized spacial score (nSPS) is 38.2. The Labute approximate surface area is 67.9 Å². The third-order valence-corrected chi connectivity index (χ3v) is 4.21. The van der Waals surface area contributed by atoms with Crippen LogP contribution in [-0.2, 0) is 4.79 Å². The minimum Gasteiger partial charge on any atom is -0.280 e. The van der Waals surface area contributed by atoms with Gasteiger partial charge in [-0.2, -0.15) is 0 Å². The number of rotatable bonds is 1. The smallest absolute Gasteiger partial charge is 0.238 e. The first kappa shape index (κ1) is 7.55. The van der Waals surface area contributed by atoms with Gasteiger partial charge in [-0.05, 0) is 23.4 Å². The maximum Gasteiger partial charge on any atom is 0.238 e. The van der Waals surface area contributed by atoms with Gasteiger partial charge in [-0.25, -0.2) is 0 Å². The highest BCUT2D eigenvalue weighted by Gasteiger charge is 2.64. The van der Waals surface area contributed by atoms with E-state index in [9.17, 15) is 4.79 Å². The van der Waals surface area contributed by atoms with E-state index in [0.29, 0.717) is 0 Å². The lowest BCUT2D eigenvalue weighted by molar-refractivity contribution is -0.112. The van der Waals surface area contributed by atoms with Gasteiger partial charge in [0.15, 0.2) is 0 Å². The Balaban J connectivity index is 2.74. The molecule has 0 aromatic heterocycles. The largest absolute Gasteiger partial charge is 0.280 e. The fourth-order valence-electron chi connectivity index (χ4n) is 0.900. The summed E-state index contributed by atoms with van der Waals surface area (Å²) < 4.78 is -0.415. The lowest BCUT2D eigenvalue weighted by Gasteiger charge is -2.04. The van der Waals surface area contributed by atoms with Gasteiger partial charge >= 0.3 is 0 Å². The zero-order valence-corrected chi connectivity index (χ0v) is 7.71. The number of alkyl halides is 1. The minimum atomic E-state index is -0.415. The Kier molecular flexibility index (Phi) is 1.45. The van der Waals surface area contributed by atoms with E-state index in [1.807, 2.05) is 13.8 Å². The molecular weight excluding hydrogens is 203 g/mol. The van der Waals surface area contributed by atoms with E-state index in [2.05, 4.69) is 15.9 Å². The predicted molar refractivity (Wildman–Crippen MR) is 40.9 cm³/mol. The molecule has 1 aliphatic carbocycles. The molecule has 1 saturated carbocycles. The van der Waals surface area contributed by atoms with Crippen molar-refractivity contribution < 1.29 is 4.79 Å². The number of hydrogen-bond acceptors (Lipinski definition) is 1. The number of hydrogen-bond donors (Lipinski definition) is 0. The summed E-state index contributed by atoms with van der Waals surface area (Å²) in [6.45, 7) is 4.03. The van der Waals surface area contributed by atoms with Crippen molar-refractivity contribution in [2.75, 3.05) is 0 Å². The van der Waals surface area contributed by atoms with Crippen LogP contribution in [-0.4, -0.2) is 9.57 Å². The second kappa shape index (κ2) is 1.73. The highest BCUT2D eigenvalue weighted by atomic mass is 79.9. The molecule has 0 radical (unpaired) electrons. The molecule has 3 heteroatoms. The molecule has 1 atom stereocenters. The molecule has 0 aromatic rings. The minimum absolute atomic E-state index is 0.0613. The summed E-state index contributed by atoms with van der Waals surface area (Å²) in [7, 11) is 0. The van der Waals surface area contributed by atoms with Crippen molar-refractivity contribution >= 4 is 32.8 Å². The van der Waals surface area contributed by atoms with Crippen LogP contribution in [0.4, 0.5) is 0 Å². The van der Waals surface area contributed by atoms with E-state index in [0.717, 1.165) is 6.42 Å². The van der Waals surface area contributed by atoms with Crippen molar-refractivity contribution in [1.82, 2.24) is 0 Å². The van der Waals surface area contributed by atoms with Crippen molar-refractivity contribution in [2.45, 2.75) is 24.6 Å². The highest BCUT2D eigenvalue weighted by molar-refractivity contribution is 9.10. The zero-order valence-electron chi connectivity index (χ0n) is 5.37. The van der Waals surface area contributed by atoms with Crippen molar-refractivity contribution in [3.63, 3.8) is 0 Å². The van der Waals surface area contributed by atoms with Gasteiger partial charge in [-0.15, -0.1) is 0 Å². The monoisotopic (exact) mass is 210 g/mol. The van der Waals surface area contributed by atoms with Crippen LogP contribution >= 0.6 is 27.5 Å². The summed E-state index contributed by atoms with van der Waals surface area (Å²) in [6, 6.07) is 0. The molecule has 1 nitrogen and oxygen atoms in total. The number of carbonyl (C=O) groups is 1. The van der Waals surface area contributed by atoms with Gasteiger partial charge < -0.3 is 0 Å². The second-order valence-corrected chi connectivity index (χ2v) is 4.83. The molecule has 1 unspecified atom stereocenters. The van der Waals surface area contributed by atoms with Gasteiger partial charge in [0.2, 0.25) is 5.24 Å². The quantitative estimate of drug-likeness (QED) is 0.481. The Morgan fingerprint density at radius 2 is 2.00 bits per heavy atom. The van der Waals surface area contributed by atoms with Crippen molar-refractivity contribution in [3.05, 3.63) is 0 Å². The molecule has 9 heavy (non-hydrogen) atoms. The Hall–Kier alpha value is 0.440. The summed E-state index contributed by atoms with van der Waals surface area (Å²) in [4.78, 5) is 10.7. The molecule has 1 fully saturated rings. The first-order valence-corrected chi connectivity index (χ1v) is 3.96. The van der Waals surface area contributed by atoms with E-state index in [-0.39, 0.29) is 10.7 Å². The van der Waals surface area contributed by atoms with E-state index in [4.69, 9.17) is 11.6 Å². The van der Waals surface area contributed by atoms with Gasteiger partial charge in [0.05, 0.1) is 0 Å². The van der Waals surface area contributed by atoms with Crippen LogP contribution in [0.15, 0.2) is 0 Å². The Morgan fingerprint density at radius 1 is 1.67 bits per heavy atom. The summed E-state index contributed by atoms with van der Waals surface area (Å²) >= 11 is 8.61. The molecule has 0 N–H and O–H groups in total. The number of carbonyl (C=O) groups excluding carboxylic acids is 1. The standard InChI is InChI=1S/C6H8BrClO/c1-5(2)3-6(5,7)4(8)9/h3H2,1-2H3. The number of halogens is 2. The van der Waals surface area contributed by atoms with Gasteiger partial charge in [0.25, 0.3) is 0 Å². The van der Waals surface area contributed by atoms with Crippen molar-refractivity contribution in [3.8, 4) is 0 Å². The third kappa shape index (κ3) is 0.926. The van der Waals surface area contributed by atoms with Gasteiger partial charge in [-0.1, -0.05) is 29.8 Å². The molecule has 1 aliphatic rings. The van der Waals surface area contributed by atoms with E-state index in [1.54, 1.807) is 0 Å². The molecule has 1 rings (SSSR count). The van der Waals surface area contributed by atoms with Crippen LogP contribution in [0.3, 0.4) is 0 Å². The van der Waals surface area contributed by atoms with Crippen LogP contribution in [0.2, 0.25) is 0 Å². The molecule has 0 aromatic carbocycles. The summed E-state index contributed by atoms with van der Waals surface area (Å²) in [5.41, 5.74) is 0.0613. The second-order valence-electron chi connectivity index (χ2n) is 3.14.